The van der Waals surface area contributed by atoms with Gasteiger partial charge in [0.25, 0.3) is 11.5 Å². The Labute approximate surface area is 198 Å². The lowest BCUT2D eigenvalue weighted by molar-refractivity contribution is -0.115. The standard InChI is InChI=1S/C22H25F2N3O6S/c1-30-9-4-8-27-20(29)18(34-21(27)15(13-25)19(28)26-7-10-31-2)12-14-5-6-16(33-22(23)24)17(11-14)32-3/h5-6,11-12,22H,4,7-10H2,1-3H3,(H,26,28). The molecule has 0 spiro atoms. The van der Waals surface area contributed by atoms with Crippen LogP contribution in [-0.4, -0.2) is 58.2 Å². The quantitative estimate of drug-likeness (QED) is 0.432. The van der Waals surface area contributed by atoms with Crippen LogP contribution >= 0.6 is 11.3 Å². The first kappa shape index (κ1) is 27.0. The van der Waals surface area contributed by atoms with E-state index in [1.165, 1.54) is 50.2 Å². The van der Waals surface area contributed by atoms with E-state index in [-0.39, 0.29) is 46.0 Å². The third-order valence-corrected chi connectivity index (χ3v) is 5.61. The molecule has 1 heterocycles. The van der Waals surface area contributed by atoms with E-state index in [2.05, 4.69) is 10.1 Å². The van der Waals surface area contributed by atoms with Crippen molar-refractivity contribution in [1.29, 1.82) is 5.26 Å². The third-order valence-electron chi connectivity index (χ3n) is 4.48. The number of carbonyl (C=O) groups excluding carboxylic acids is 1. The summed E-state index contributed by atoms with van der Waals surface area (Å²) in [5.74, 6) is -0.706. The second-order valence-electron chi connectivity index (χ2n) is 6.74. The maximum Gasteiger partial charge on any atom is 0.387 e. The summed E-state index contributed by atoms with van der Waals surface area (Å²) in [6.45, 7) is -1.94. The third kappa shape index (κ3) is 7.11. The average Bonchev–Trinajstić information content (AvgIpc) is 3.10. The van der Waals surface area contributed by atoms with Gasteiger partial charge in [-0.15, -0.1) is 11.3 Å². The van der Waals surface area contributed by atoms with Crippen molar-refractivity contribution in [2.24, 2.45) is 0 Å². The molecule has 34 heavy (non-hydrogen) atoms. The normalized spacial score (nSPS) is 12.4. The Kier molecular flexibility index (Phi) is 10.7. The van der Waals surface area contributed by atoms with Crippen molar-refractivity contribution in [3.8, 4) is 17.6 Å². The summed E-state index contributed by atoms with van der Waals surface area (Å²) in [4.78, 5) is 25.7. The Morgan fingerprint density at radius 3 is 2.59 bits per heavy atom. The Balaban J connectivity index is 2.62. The zero-order valence-corrected chi connectivity index (χ0v) is 19.7. The molecule has 0 unspecified atom stereocenters. The van der Waals surface area contributed by atoms with Gasteiger partial charge in [0.1, 0.15) is 10.7 Å². The first-order valence-corrected chi connectivity index (χ1v) is 10.9. The number of thiazole rings is 1. The van der Waals surface area contributed by atoms with Gasteiger partial charge in [-0.1, -0.05) is 6.07 Å². The van der Waals surface area contributed by atoms with Crippen LogP contribution in [0.15, 0.2) is 23.0 Å². The minimum Gasteiger partial charge on any atom is -0.493 e. The van der Waals surface area contributed by atoms with Crippen molar-refractivity contribution < 1.29 is 32.5 Å². The number of carbonyl (C=O) groups is 1. The summed E-state index contributed by atoms with van der Waals surface area (Å²) < 4.78 is 46.4. The number of benzene rings is 1. The predicted molar refractivity (Wildman–Crippen MR) is 121 cm³/mol. The van der Waals surface area contributed by atoms with Crippen LogP contribution in [0.5, 0.6) is 11.5 Å². The van der Waals surface area contributed by atoms with Crippen LogP contribution in [-0.2, 0) is 20.8 Å². The molecule has 1 aromatic heterocycles. The van der Waals surface area contributed by atoms with Crippen LogP contribution in [0, 0.1) is 11.3 Å². The highest BCUT2D eigenvalue weighted by Gasteiger charge is 2.16. The molecule has 0 saturated carbocycles. The fourth-order valence-electron chi connectivity index (χ4n) is 2.94. The number of amides is 1. The average molecular weight is 498 g/mol. The fourth-order valence-corrected chi connectivity index (χ4v) is 4.07. The summed E-state index contributed by atoms with van der Waals surface area (Å²) in [5.41, 5.74) is -0.121. The SMILES string of the molecule is COCCCn1c(=C(C#N)C(=O)NCCOC)sc(=Cc2ccc(OC(F)F)c(OC)c2)c1=O. The molecular weight excluding hydrogens is 472 g/mol. The molecule has 1 N–H and O–H groups in total. The lowest BCUT2D eigenvalue weighted by Crippen LogP contribution is -2.35. The smallest absolute Gasteiger partial charge is 0.387 e. The topological polar surface area (TPSA) is 112 Å². The van der Waals surface area contributed by atoms with Crippen molar-refractivity contribution in [3.05, 3.63) is 43.3 Å². The zero-order chi connectivity index (χ0) is 25.1. The van der Waals surface area contributed by atoms with Crippen molar-refractivity contribution >= 4 is 28.9 Å². The molecule has 12 heteroatoms. The molecule has 2 rings (SSSR count). The van der Waals surface area contributed by atoms with Gasteiger partial charge in [-0.3, -0.25) is 14.2 Å². The second kappa shape index (κ2) is 13.4. The second-order valence-corrected chi connectivity index (χ2v) is 7.77. The van der Waals surface area contributed by atoms with Gasteiger partial charge in [0.2, 0.25) is 0 Å². The molecule has 1 aromatic carbocycles. The Hall–Kier alpha value is -3.27. The number of nitriles is 1. The molecule has 2 aromatic rings. The van der Waals surface area contributed by atoms with E-state index in [0.29, 0.717) is 18.6 Å². The predicted octanol–water partition coefficient (Wildman–Crippen LogP) is 0.822. The number of alkyl halides is 2. The number of nitrogens with zero attached hydrogens (tertiary/aromatic N) is 2. The molecule has 9 nitrogen and oxygen atoms in total. The van der Waals surface area contributed by atoms with Crippen molar-refractivity contribution in [2.75, 3.05) is 41.1 Å². The minimum absolute atomic E-state index is 0.0630. The summed E-state index contributed by atoms with van der Waals surface area (Å²) in [7, 11) is 4.32. The van der Waals surface area contributed by atoms with Gasteiger partial charge in [0.05, 0.1) is 18.2 Å². The number of ether oxygens (including phenoxy) is 4. The number of hydrogen-bond donors (Lipinski definition) is 1. The number of halogens is 2. The summed E-state index contributed by atoms with van der Waals surface area (Å²) in [6.07, 6.45) is 2.01. The highest BCUT2D eigenvalue weighted by molar-refractivity contribution is 7.07. The van der Waals surface area contributed by atoms with E-state index in [1.54, 1.807) is 0 Å². The lowest BCUT2D eigenvalue weighted by Gasteiger charge is -2.09. The van der Waals surface area contributed by atoms with Crippen LogP contribution in [0.2, 0.25) is 0 Å². The number of rotatable bonds is 12. The van der Waals surface area contributed by atoms with E-state index in [4.69, 9.17) is 14.2 Å². The Morgan fingerprint density at radius 1 is 1.24 bits per heavy atom. The highest BCUT2D eigenvalue weighted by atomic mass is 32.1. The van der Waals surface area contributed by atoms with Gasteiger partial charge < -0.3 is 24.3 Å². The largest absolute Gasteiger partial charge is 0.493 e. The Bertz CT molecular complexity index is 1200. The summed E-state index contributed by atoms with van der Waals surface area (Å²) >= 11 is 0.978. The number of aromatic nitrogens is 1. The highest BCUT2D eigenvalue weighted by Crippen LogP contribution is 2.29. The van der Waals surface area contributed by atoms with E-state index < -0.39 is 18.1 Å². The molecule has 0 radical (unpaired) electrons. The molecule has 0 saturated heterocycles. The summed E-state index contributed by atoms with van der Waals surface area (Å²) in [5, 5.41) is 12.2. The zero-order valence-electron chi connectivity index (χ0n) is 18.9. The lowest BCUT2D eigenvalue weighted by atomic mass is 10.2. The fraction of sp³-hybridized carbons (Fsp3) is 0.409. The molecule has 0 fully saturated rings. The molecule has 0 aliphatic heterocycles. The van der Waals surface area contributed by atoms with E-state index in [0.717, 1.165) is 11.3 Å². The van der Waals surface area contributed by atoms with Crippen LogP contribution in [0.25, 0.3) is 11.6 Å². The van der Waals surface area contributed by atoms with Crippen LogP contribution < -0.4 is 29.5 Å². The Morgan fingerprint density at radius 2 is 1.97 bits per heavy atom. The molecule has 1 amide bonds. The van der Waals surface area contributed by atoms with E-state index in [9.17, 15) is 23.6 Å². The van der Waals surface area contributed by atoms with Gasteiger partial charge in [-0.05, 0) is 30.2 Å². The van der Waals surface area contributed by atoms with Gasteiger partial charge >= 0.3 is 6.61 Å². The molecular formula is C22H25F2N3O6S. The van der Waals surface area contributed by atoms with Gasteiger partial charge in [0.15, 0.2) is 17.1 Å². The maximum atomic E-state index is 13.1. The number of nitrogens with one attached hydrogen (secondary N) is 1. The number of methoxy groups -OCH3 is 3. The molecule has 184 valence electrons. The van der Waals surface area contributed by atoms with Gasteiger partial charge in [-0.2, -0.15) is 14.0 Å². The van der Waals surface area contributed by atoms with Crippen LogP contribution in [0.4, 0.5) is 8.78 Å². The van der Waals surface area contributed by atoms with Crippen LogP contribution in [0.1, 0.15) is 12.0 Å². The first-order valence-electron chi connectivity index (χ1n) is 10.1. The number of hydrogen-bond acceptors (Lipinski definition) is 8. The molecule has 0 aliphatic rings. The van der Waals surface area contributed by atoms with Crippen molar-refractivity contribution in [2.45, 2.75) is 19.6 Å². The van der Waals surface area contributed by atoms with E-state index >= 15 is 0 Å². The van der Waals surface area contributed by atoms with Crippen molar-refractivity contribution in [3.63, 3.8) is 0 Å². The van der Waals surface area contributed by atoms with Crippen LogP contribution in [0.3, 0.4) is 0 Å². The van der Waals surface area contributed by atoms with Gasteiger partial charge in [-0.25, -0.2) is 0 Å². The minimum atomic E-state index is -3.02. The van der Waals surface area contributed by atoms with Crippen molar-refractivity contribution in [1.82, 2.24) is 9.88 Å². The maximum absolute atomic E-state index is 13.1. The van der Waals surface area contributed by atoms with Gasteiger partial charge in [0, 0.05) is 33.9 Å². The molecule has 0 aliphatic carbocycles. The molecule has 0 atom stereocenters. The monoisotopic (exact) mass is 497 g/mol. The van der Waals surface area contributed by atoms with E-state index in [1.807, 2.05) is 6.07 Å². The molecule has 0 bridgehead atoms. The first-order chi connectivity index (χ1) is 16.4. The summed E-state index contributed by atoms with van der Waals surface area (Å²) in [6, 6.07) is 6.12.